The minimum atomic E-state index is -0.540. The maximum Gasteiger partial charge on any atom is 0.232 e. The van der Waals surface area contributed by atoms with Gasteiger partial charge in [-0.3, -0.25) is 9.59 Å². The Balaban J connectivity index is 1.91. The third-order valence-corrected chi connectivity index (χ3v) is 8.53. The number of carbonyl (C=O) groups is 2. The number of Topliss-reactive ketones (excluding diaryl/α,β-unsaturated/α-hetero) is 1. The molecular formula is C26H39NO3. The third kappa shape index (κ3) is 3.90. The molecule has 0 aromatic carbocycles. The minimum Gasteiger partial charge on any atom is -0.505 e. The van der Waals surface area contributed by atoms with Crippen molar-refractivity contribution in [2.45, 2.75) is 85.5 Å². The van der Waals surface area contributed by atoms with E-state index in [0.717, 1.165) is 51.4 Å². The summed E-state index contributed by atoms with van der Waals surface area (Å²) in [6, 6.07) is 0. The van der Waals surface area contributed by atoms with Crippen LogP contribution < -0.4 is 5.32 Å². The molecule has 0 spiro atoms. The van der Waals surface area contributed by atoms with Gasteiger partial charge < -0.3 is 10.4 Å². The predicted octanol–water partition coefficient (Wildman–Crippen LogP) is 5.80. The lowest BCUT2D eigenvalue weighted by Crippen LogP contribution is -2.51. The van der Waals surface area contributed by atoms with Crippen molar-refractivity contribution in [1.29, 1.82) is 0 Å². The average molecular weight is 414 g/mol. The van der Waals surface area contributed by atoms with Crippen LogP contribution in [0.2, 0.25) is 0 Å². The van der Waals surface area contributed by atoms with Crippen molar-refractivity contribution >= 4 is 11.6 Å². The van der Waals surface area contributed by atoms with Crippen LogP contribution in [0.15, 0.2) is 35.3 Å². The second-order valence-electron chi connectivity index (χ2n) is 10.3. The van der Waals surface area contributed by atoms with E-state index in [1.807, 2.05) is 0 Å². The topological polar surface area (TPSA) is 66.4 Å². The van der Waals surface area contributed by atoms with Gasteiger partial charge in [-0.1, -0.05) is 52.7 Å². The Hall–Kier alpha value is -1.84. The fraction of sp³-hybridized carbons (Fsp3) is 0.692. The van der Waals surface area contributed by atoms with Gasteiger partial charge in [-0.15, -0.1) is 0 Å². The summed E-state index contributed by atoms with van der Waals surface area (Å²) in [4.78, 5) is 25.3. The minimum absolute atomic E-state index is 0.0218. The molecule has 4 atom stereocenters. The monoisotopic (exact) mass is 413 g/mol. The highest BCUT2D eigenvalue weighted by molar-refractivity contribution is 6.48. The number of nitrogens with one attached hydrogen (secondary N) is 1. The molecule has 2 N–H and O–H groups in total. The lowest BCUT2D eigenvalue weighted by molar-refractivity contribution is -0.132. The van der Waals surface area contributed by atoms with Crippen molar-refractivity contribution in [1.82, 2.24) is 5.32 Å². The molecule has 2 fully saturated rings. The van der Waals surface area contributed by atoms with Gasteiger partial charge in [0, 0.05) is 18.2 Å². The summed E-state index contributed by atoms with van der Waals surface area (Å²) in [5.41, 5.74) is 1.97. The van der Waals surface area contributed by atoms with E-state index in [-0.39, 0.29) is 16.6 Å². The fourth-order valence-electron chi connectivity index (χ4n) is 6.23. The number of ketones is 2. The van der Waals surface area contributed by atoms with Crippen LogP contribution in [0, 0.1) is 22.7 Å². The Morgan fingerprint density at radius 2 is 1.97 bits per heavy atom. The number of hydrogen-bond acceptors (Lipinski definition) is 4. The fourth-order valence-corrected chi connectivity index (χ4v) is 6.23. The Morgan fingerprint density at radius 3 is 2.67 bits per heavy atom. The SMILES string of the molecule is C=C1CCC[C@@H]2[C@@](C)(CC3=C(O)C(NCCCCC)=CC(=O)C3=O)[C@H](C)CC[C@@]12C. The number of aliphatic hydroxyl groups is 1. The van der Waals surface area contributed by atoms with Gasteiger partial charge in [0.05, 0.1) is 5.70 Å². The zero-order valence-electron chi connectivity index (χ0n) is 19.3. The van der Waals surface area contributed by atoms with Gasteiger partial charge in [0.15, 0.2) is 0 Å². The predicted molar refractivity (Wildman–Crippen MR) is 121 cm³/mol. The van der Waals surface area contributed by atoms with E-state index in [2.05, 4.69) is 39.6 Å². The number of carbonyl (C=O) groups excluding carboxylic acids is 2. The first kappa shape index (κ1) is 22.8. The zero-order chi connectivity index (χ0) is 22.1. The smallest absolute Gasteiger partial charge is 0.232 e. The summed E-state index contributed by atoms with van der Waals surface area (Å²) in [7, 11) is 0. The molecule has 4 heteroatoms. The molecular weight excluding hydrogens is 374 g/mol. The van der Waals surface area contributed by atoms with E-state index in [4.69, 9.17) is 0 Å². The quantitative estimate of drug-likeness (QED) is 0.239. The van der Waals surface area contributed by atoms with Crippen LogP contribution in [0.3, 0.4) is 0 Å². The largest absolute Gasteiger partial charge is 0.505 e. The molecule has 0 radical (unpaired) electrons. The number of rotatable bonds is 7. The summed E-state index contributed by atoms with van der Waals surface area (Å²) in [6.07, 6.45) is 10.4. The molecule has 0 saturated heterocycles. The maximum absolute atomic E-state index is 12.8. The van der Waals surface area contributed by atoms with Gasteiger partial charge in [0.1, 0.15) is 5.76 Å². The van der Waals surface area contributed by atoms with E-state index in [1.165, 1.54) is 11.6 Å². The summed E-state index contributed by atoms with van der Waals surface area (Å²) < 4.78 is 0. The normalized spacial score (nSPS) is 34.7. The Labute approximate surface area is 181 Å². The highest BCUT2D eigenvalue weighted by Crippen LogP contribution is 2.63. The van der Waals surface area contributed by atoms with Crippen molar-refractivity contribution in [3.63, 3.8) is 0 Å². The van der Waals surface area contributed by atoms with E-state index in [0.29, 0.717) is 36.1 Å². The van der Waals surface area contributed by atoms with E-state index in [9.17, 15) is 14.7 Å². The second-order valence-corrected chi connectivity index (χ2v) is 10.3. The number of allylic oxidation sites excluding steroid dienone is 3. The lowest BCUT2D eigenvalue weighted by Gasteiger charge is -2.59. The van der Waals surface area contributed by atoms with Crippen LogP contribution in [-0.2, 0) is 9.59 Å². The number of unbranched alkanes of at least 4 members (excludes halogenated alkanes) is 2. The molecule has 2 saturated carbocycles. The van der Waals surface area contributed by atoms with Gasteiger partial charge >= 0.3 is 0 Å². The van der Waals surface area contributed by atoms with Crippen molar-refractivity contribution in [2.75, 3.05) is 6.54 Å². The summed E-state index contributed by atoms with van der Waals surface area (Å²) in [5.74, 6) is -0.265. The number of hydrogen-bond donors (Lipinski definition) is 2. The Bertz CT molecular complexity index is 792. The molecule has 0 aliphatic heterocycles. The summed E-state index contributed by atoms with van der Waals surface area (Å²) in [5, 5.41) is 14.2. The molecule has 166 valence electrons. The van der Waals surface area contributed by atoms with Gasteiger partial charge in [-0.05, 0) is 67.6 Å². The van der Waals surface area contributed by atoms with Crippen molar-refractivity contribution in [3.8, 4) is 0 Å². The summed E-state index contributed by atoms with van der Waals surface area (Å²) in [6.45, 7) is 14.1. The lowest BCUT2D eigenvalue weighted by atomic mass is 9.46. The van der Waals surface area contributed by atoms with Crippen molar-refractivity contribution in [2.24, 2.45) is 22.7 Å². The first-order valence-corrected chi connectivity index (χ1v) is 11.8. The highest BCUT2D eigenvalue weighted by Gasteiger charge is 2.54. The molecule has 3 aliphatic carbocycles. The van der Waals surface area contributed by atoms with E-state index < -0.39 is 11.6 Å². The summed E-state index contributed by atoms with van der Waals surface area (Å²) >= 11 is 0. The molecule has 0 aromatic rings. The van der Waals surface area contributed by atoms with Crippen LogP contribution >= 0.6 is 0 Å². The molecule has 3 aliphatic rings. The Kier molecular flexibility index (Phi) is 6.64. The van der Waals surface area contributed by atoms with Crippen LogP contribution in [0.5, 0.6) is 0 Å². The van der Waals surface area contributed by atoms with Gasteiger partial charge in [-0.2, -0.15) is 0 Å². The molecule has 0 aromatic heterocycles. The van der Waals surface area contributed by atoms with Gasteiger partial charge in [0.2, 0.25) is 11.6 Å². The van der Waals surface area contributed by atoms with Gasteiger partial charge in [-0.25, -0.2) is 0 Å². The van der Waals surface area contributed by atoms with E-state index in [1.54, 1.807) is 0 Å². The van der Waals surface area contributed by atoms with Crippen LogP contribution in [-0.4, -0.2) is 23.2 Å². The standard InChI is InChI=1S/C26H39NO3/c1-6-7-8-14-27-20-15-21(28)24(30)19(23(20)29)16-26(5)18(3)12-13-25(4)17(2)10-9-11-22(25)26/h15,18,22,27,29H,2,6-14,16H2,1,3-5H3/t18-,22+,25+,26+/m1/s1. The zero-order valence-corrected chi connectivity index (χ0v) is 19.3. The molecule has 3 rings (SSSR count). The Morgan fingerprint density at radius 1 is 1.23 bits per heavy atom. The highest BCUT2D eigenvalue weighted by atomic mass is 16.3. The van der Waals surface area contributed by atoms with Crippen LogP contribution in [0.4, 0.5) is 0 Å². The third-order valence-electron chi connectivity index (χ3n) is 8.53. The van der Waals surface area contributed by atoms with E-state index >= 15 is 0 Å². The number of fused-ring (bicyclic) bond motifs is 1. The van der Waals surface area contributed by atoms with Gasteiger partial charge in [0.25, 0.3) is 0 Å². The second kappa shape index (κ2) is 8.72. The maximum atomic E-state index is 12.8. The molecule has 0 unspecified atom stereocenters. The molecule has 0 bridgehead atoms. The average Bonchev–Trinajstić information content (AvgIpc) is 2.71. The first-order chi connectivity index (χ1) is 14.1. The number of aliphatic hydroxyl groups excluding tert-OH is 1. The molecule has 30 heavy (non-hydrogen) atoms. The van der Waals surface area contributed by atoms with Crippen molar-refractivity contribution in [3.05, 3.63) is 35.3 Å². The molecule has 0 amide bonds. The molecule has 0 heterocycles. The van der Waals surface area contributed by atoms with Crippen LogP contribution in [0.25, 0.3) is 0 Å². The van der Waals surface area contributed by atoms with Crippen LogP contribution in [0.1, 0.15) is 85.5 Å². The molecule has 4 nitrogen and oxygen atoms in total. The first-order valence-electron chi connectivity index (χ1n) is 11.8. The van der Waals surface area contributed by atoms with Crippen molar-refractivity contribution < 1.29 is 14.7 Å².